The molecule has 8 nitrogen and oxygen atoms in total. The van der Waals surface area contributed by atoms with E-state index in [9.17, 15) is 4.79 Å². The number of hydrogen-bond acceptors (Lipinski definition) is 8. The second-order valence-electron chi connectivity index (χ2n) is 39.2. The van der Waals surface area contributed by atoms with Crippen molar-refractivity contribution in [3.63, 3.8) is 0 Å². The molecule has 107 heavy (non-hydrogen) atoms. The van der Waals surface area contributed by atoms with Gasteiger partial charge in [-0.25, -0.2) is 4.79 Å². The van der Waals surface area contributed by atoms with Crippen LogP contribution in [-0.2, 0) is 25.4 Å². The molecule has 17 rings (SSSR count). The van der Waals surface area contributed by atoms with Crippen LogP contribution in [0.15, 0.2) is 120 Å². The van der Waals surface area contributed by atoms with Crippen molar-refractivity contribution in [2.24, 2.45) is 92.7 Å². The van der Waals surface area contributed by atoms with E-state index in [-0.39, 0.29) is 29.1 Å². The molecular weight excluding hydrogens is 1310 g/mol. The van der Waals surface area contributed by atoms with Crippen LogP contribution in [0.2, 0.25) is 0 Å². The summed E-state index contributed by atoms with van der Waals surface area (Å²) in [7, 11) is 1.82. The molecule has 5 aromatic carbocycles. The summed E-state index contributed by atoms with van der Waals surface area (Å²) in [6, 6.07) is 34.1. The number of fused-ring (bicyclic) bond motifs is 18. The molecule has 8 fully saturated rings. The molecule has 6 saturated carbocycles. The molecule has 18 unspecified atom stereocenters. The van der Waals surface area contributed by atoms with Crippen LogP contribution in [0.4, 0.5) is 16.2 Å². The van der Waals surface area contributed by atoms with Gasteiger partial charge in [-0.05, 0) is 261 Å². The lowest BCUT2D eigenvalue weighted by molar-refractivity contribution is -0.104. The normalized spacial score (nSPS) is 35.3. The molecule has 0 spiro atoms. The fourth-order valence-corrected chi connectivity index (χ4v) is 27.4. The fourth-order valence-electron chi connectivity index (χ4n) is 27.4. The van der Waals surface area contributed by atoms with Crippen LogP contribution in [0.3, 0.4) is 0 Å². The van der Waals surface area contributed by atoms with Crippen LogP contribution in [0.1, 0.15) is 277 Å². The molecule has 5 aromatic rings. The topological polar surface area (TPSA) is 69.7 Å². The minimum atomic E-state index is -0.937. The molecule has 3 heterocycles. The first-order chi connectivity index (χ1) is 51.7. The lowest BCUT2D eigenvalue weighted by Gasteiger charge is -2.59. The van der Waals surface area contributed by atoms with Crippen LogP contribution < -0.4 is 19.3 Å². The van der Waals surface area contributed by atoms with Crippen LogP contribution in [-0.4, -0.2) is 57.8 Å². The Morgan fingerprint density at radius 2 is 1.14 bits per heavy atom. The van der Waals surface area contributed by atoms with Gasteiger partial charge in [0.1, 0.15) is 29.3 Å². The van der Waals surface area contributed by atoms with Crippen LogP contribution in [0.25, 0.3) is 28.0 Å². The van der Waals surface area contributed by atoms with Crippen LogP contribution in [0, 0.1) is 92.7 Å². The van der Waals surface area contributed by atoms with Gasteiger partial charge in [-0.2, -0.15) is 0 Å². The van der Waals surface area contributed by atoms with E-state index in [4.69, 9.17) is 23.7 Å². The number of carbonyl (C=O) groups excluding carboxylic acids is 1. The number of carbonyl (C=O) groups is 1. The van der Waals surface area contributed by atoms with E-state index in [0.717, 1.165) is 167 Å². The molecule has 0 bridgehead atoms. The molecule has 574 valence electrons. The van der Waals surface area contributed by atoms with E-state index in [0.29, 0.717) is 36.8 Å². The smallest absolute Gasteiger partial charge is 0.495 e. The van der Waals surface area contributed by atoms with Crippen molar-refractivity contribution in [2.75, 3.05) is 43.1 Å². The Balaban J connectivity index is 0.651. The first-order valence-corrected chi connectivity index (χ1v) is 44.0. The summed E-state index contributed by atoms with van der Waals surface area (Å²) < 4.78 is 35.8. The monoisotopic (exact) mass is 1450 g/mol. The van der Waals surface area contributed by atoms with Crippen molar-refractivity contribution in [2.45, 2.75) is 279 Å². The molecule has 0 aromatic heterocycles. The van der Waals surface area contributed by atoms with Crippen molar-refractivity contribution < 1.29 is 28.5 Å². The van der Waals surface area contributed by atoms with E-state index in [1.54, 1.807) is 11.1 Å². The van der Waals surface area contributed by atoms with E-state index < -0.39 is 17.4 Å². The highest BCUT2D eigenvalue weighted by molar-refractivity contribution is 6.10. The first kappa shape index (κ1) is 73.8. The largest absolute Gasteiger partial charge is 0.508 e. The summed E-state index contributed by atoms with van der Waals surface area (Å²) in [5, 5.41) is 2.17. The summed E-state index contributed by atoms with van der Waals surface area (Å²) in [5.74, 6) is 11.3. The highest BCUT2D eigenvalue weighted by Crippen LogP contribution is 2.71. The van der Waals surface area contributed by atoms with Crippen molar-refractivity contribution in [3.8, 4) is 22.6 Å². The number of allylic oxidation sites excluding steroid dienone is 2. The zero-order chi connectivity index (χ0) is 73.9. The zero-order valence-electron chi connectivity index (χ0n) is 67.9. The predicted octanol–water partition coefficient (Wildman–Crippen LogP) is 25.4. The van der Waals surface area contributed by atoms with Gasteiger partial charge in [0.2, 0.25) is 0 Å². The average Bonchev–Trinajstić information content (AvgIpc) is 0.765. The van der Waals surface area contributed by atoms with Crippen molar-refractivity contribution >= 4 is 34.4 Å². The van der Waals surface area contributed by atoms with Gasteiger partial charge < -0.3 is 33.5 Å². The van der Waals surface area contributed by atoms with Gasteiger partial charge in [0.25, 0.3) is 0 Å². The Hall–Kier alpha value is -5.99. The summed E-state index contributed by atoms with van der Waals surface area (Å²) in [6.07, 6.45) is 41.9. The third kappa shape index (κ3) is 12.5. The molecule has 12 aliphatic rings. The lowest BCUT2D eigenvalue weighted by atomic mass is 9.47. The Morgan fingerprint density at radius 1 is 0.570 bits per heavy atom. The third-order valence-electron chi connectivity index (χ3n) is 33.0. The van der Waals surface area contributed by atoms with Gasteiger partial charge in [0, 0.05) is 78.8 Å². The Labute approximate surface area is 644 Å². The Kier molecular flexibility index (Phi) is 20.0. The maximum Gasteiger partial charge on any atom is 0.508 e. The summed E-state index contributed by atoms with van der Waals surface area (Å²) in [6.45, 7) is 31.5. The van der Waals surface area contributed by atoms with E-state index in [1.807, 2.05) is 7.11 Å². The molecule has 9 aliphatic carbocycles. The minimum Gasteiger partial charge on any atom is -0.495 e. The molecule has 0 N–H and O–H groups in total. The van der Waals surface area contributed by atoms with E-state index in [2.05, 4.69) is 201 Å². The maximum absolute atomic E-state index is 14.1. The van der Waals surface area contributed by atoms with E-state index >= 15 is 0 Å². The van der Waals surface area contributed by atoms with Gasteiger partial charge >= 0.3 is 6.16 Å². The van der Waals surface area contributed by atoms with Gasteiger partial charge in [-0.15, -0.1) is 0 Å². The standard InChI is InChI=1S/C99H132N2O6/c1-13-98(106-74-44-51-95(9)70(60-74)34-38-76-84-42-40-82(66(7)26-22-24-64(4)5)97(84,11)53-47-86(76)95)87-30-18-17-29-77(87)90-79-61-88(89(103-12)62-80(79)92-78(91(90)98)45-54-99(107-92,67-27-15-14-16-28-67)68-31-35-71(36-32-68)100-55-19-20-56-100)101-57-48-72(49-58-101)104-93(102)105-73-43-50-94(8)69(59-73)33-37-75-83-41-39-81(65(6)25-21-23-63(2)3)96(83,10)52-46-85(75)94/h14-18,27-36,45,54,61-66,72-76,81-86H,13,19-26,37-44,46-53,55-60H2,1-12H3. The Morgan fingerprint density at radius 3 is 1.74 bits per heavy atom. The highest BCUT2D eigenvalue weighted by atomic mass is 16.7. The number of rotatable bonds is 20. The maximum atomic E-state index is 14.1. The summed E-state index contributed by atoms with van der Waals surface area (Å²) in [4.78, 5) is 19.1. The predicted molar refractivity (Wildman–Crippen MR) is 439 cm³/mol. The van der Waals surface area contributed by atoms with Crippen molar-refractivity contribution in [1.82, 2.24) is 0 Å². The van der Waals surface area contributed by atoms with Gasteiger partial charge in [-0.1, -0.05) is 211 Å². The highest BCUT2D eigenvalue weighted by Gasteiger charge is 2.62. The number of benzene rings is 5. The quantitative estimate of drug-likeness (QED) is 0.0564. The fraction of sp³-hybridized carbons (Fsp3) is 0.646. The second kappa shape index (κ2) is 29.0. The summed E-state index contributed by atoms with van der Waals surface area (Å²) >= 11 is 0. The molecule has 8 heteroatoms. The number of piperidine rings is 1. The Bertz CT molecular complexity index is 4170. The number of hydrogen-bond donors (Lipinski definition) is 0. The molecule has 0 radical (unpaired) electrons. The number of nitrogens with zero attached hydrogens (tertiary/aromatic N) is 2. The molecular formula is C99H132N2O6. The van der Waals surface area contributed by atoms with Gasteiger partial charge in [0.15, 0.2) is 5.60 Å². The lowest BCUT2D eigenvalue weighted by Crippen LogP contribution is -2.51. The SMILES string of the molecule is CCC1(OC2CCC3(C)C(=CCC4C3CCC3(C)C(C(C)CCCC(C)C)CCC43)C2)c2ccccc2-c2c1c1c(c3cc(OC)c(N4CCC(OC(=O)OC5CCC6(C)C(=CCC7C6CCC6(C)C(C(C)CCCC(C)C)CCC76)C5)CC4)cc23)OC(c2ccccc2)(c2ccc(N3CCCC3)cc2)C=C1. The number of anilines is 2. The number of ether oxygens (including phenoxy) is 5. The average molecular weight is 1450 g/mol. The van der Waals surface area contributed by atoms with Gasteiger partial charge in [0.05, 0.1) is 18.9 Å². The van der Waals surface area contributed by atoms with Crippen LogP contribution >= 0.6 is 0 Å². The second-order valence-corrected chi connectivity index (χ2v) is 39.2. The van der Waals surface area contributed by atoms with Crippen molar-refractivity contribution in [3.05, 3.63) is 148 Å². The third-order valence-corrected chi connectivity index (χ3v) is 33.0. The van der Waals surface area contributed by atoms with Gasteiger partial charge in [-0.3, -0.25) is 0 Å². The summed E-state index contributed by atoms with van der Waals surface area (Å²) in [5.41, 5.74) is 13.4. The molecule has 18 atom stereocenters. The van der Waals surface area contributed by atoms with Crippen molar-refractivity contribution in [1.29, 1.82) is 0 Å². The van der Waals surface area contributed by atoms with Crippen LogP contribution in [0.5, 0.6) is 11.5 Å². The minimum absolute atomic E-state index is 0.0542. The zero-order valence-corrected chi connectivity index (χ0v) is 67.9. The molecule has 0 amide bonds. The molecule has 3 aliphatic heterocycles. The number of methoxy groups -OCH3 is 1. The molecule has 2 saturated heterocycles. The van der Waals surface area contributed by atoms with E-state index in [1.165, 1.54) is 150 Å². The first-order valence-electron chi connectivity index (χ1n) is 44.0.